The van der Waals surface area contributed by atoms with E-state index < -0.39 is 20.5 Å². The number of benzene rings is 1. The van der Waals surface area contributed by atoms with Crippen molar-refractivity contribution in [2.24, 2.45) is 11.1 Å². The minimum absolute atomic E-state index is 0.0706. The Morgan fingerprint density at radius 3 is 2.41 bits per heavy atom. The van der Waals surface area contributed by atoms with Gasteiger partial charge in [0.2, 0.25) is 0 Å². The monoisotopic (exact) mass is 405 g/mol. The molecule has 1 saturated carbocycles. The Morgan fingerprint density at radius 2 is 1.95 bits per heavy atom. The number of halogens is 1. The van der Waals surface area contributed by atoms with Crippen LogP contribution in [-0.4, -0.2) is 37.6 Å². The molecule has 3 atom stereocenters. The number of hydrogen-bond acceptors (Lipinski definition) is 4. The molecule has 2 N–H and O–H groups in total. The van der Waals surface area contributed by atoms with E-state index in [9.17, 15) is 8.42 Å². The van der Waals surface area contributed by atoms with Crippen molar-refractivity contribution in [3.63, 3.8) is 0 Å². The third kappa shape index (κ3) is 2.96. The molecule has 0 spiro atoms. The number of sulfone groups is 1. The van der Waals surface area contributed by atoms with Gasteiger partial charge >= 0.3 is 0 Å². The number of rotatable bonds is 7. The first-order valence-electron chi connectivity index (χ1n) is 7.16. The molecule has 0 radical (unpaired) electrons. The average Bonchev–Trinajstić information content (AvgIpc) is 3.17. The first-order chi connectivity index (χ1) is 10.3. The zero-order valence-corrected chi connectivity index (χ0v) is 15.8. The molecule has 4 nitrogen and oxygen atoms in total. The van der Waals surface area contributed by atoms with Gasteiger partial charge in [-0.25, -0.2) is 8.42 Å². The van der Waals surface area contributed by atoms with E-state index in [4.69, 9.17) is 22.7 Å². The molecule has 1 fully saturated rings. The van der Waals surface area contributed by atoms with Gasteiger partial charge in [-0.15, -0.1) is 0 Å². The Morgan fingerprint density at radius 1 is 1.36 bits per heavy atom. The molecule has 0 amide bonds. The van der Waals surface area contributed by atoms with Crippen LogP contribution in [0.2, 0.25) is 0 Å². The minimum atomic E-state index is -3.27. The lowest BCUT2D eigenvalue weighted by molar-refractivity contribution is 0.121. The summed E-state index contributed by atoms with van der Waals surface area (Å²) in [5, 5.41) is -0.602. The normalized spacial score (nSPS) is 27.6. The van der Waals surface area contributed by atoms with Crippen molar-refractivity contribution in [3.8, 4) is 0 Å². The van der Waals surface area contributed by atoms with E-state index in [1.807, 2.05) is 31.2 Å². The molecule has 0 unspecified atom stereocenters. The predicted octanol–water partition coefficient (Wildman–Crippen LogP) is 2.66. The summed E-state index contributed by atoms with van der Waals surface area (Å²) in [6.07, 6.45) is 0. The fraction of sp³-hybridized carbons (Fsp3) is 0.533. The van der Waals surface area contributed by atoms with E-state index in [1.54, 1.807) is 6.92 Å². The van der Waals surface area contributed by atoms with E-state index in [2.05, 4.69) is 15.9 Å². The summed E-state index contributed by atoms with van der Waals surface area (Å²) in [6.45, 7) is 4.25. The largest absolute Gasteiger partial charge is 0.393 e. The highest BCUT2D eigenvalue weighted by Crippen LogP contribution is 2.63. The lowest BCUT2D eigenvalue weighted by atomic mass is 10.00. The first-order valence-corrected chi connectivity index (χ1v) is 10.1. The van der Waals surface area contributed by atoms with Crippen molar-refractivity contribution in [2.45, 2.75) is 25.0 Å². The van der Waals surface area contributed by atoms with Crippen molar-refractivity contribution in [1.82, 2.24) is 0 Å². The van der Waals surface area contributed by atoms with Crippen LogP contribution in [0.5, 0.6) is 0 Å². The summed E-state index contributed by atoms with van der Waals surface area (Å²) >= 11 is 8.62. The SMILES string of the molecule is CCOC[C@@]1(C(N)=S)[C@@H](c2ccc(Br)cc2)[C@@H]1S(=O)(=O)CC. The van der Waals surface area contributed by atoms with Crippen LogP contribution in [0.4, 0.5) is 0 Å². The predicted molar refractivity (Wildman–Crippen MR) is 95.8 cm³/mol. The summed E-state index contributed by atoms with van der Waals surface area (Å²) in [7, 11) is -3.27. The van der Waals surface area contributed by atoms with Crippen molar-refractivity contribution in [3.05, 3.63) is 34.3 Å². The van der Waals surface area contributed by atoms with E-state index >= 15 is 0 Å². The molecule has 1 aliphatic rings. The topological polar surface area (TPSA) is 69.4 Å². The molecule has 122 valence electrons. The second-order valence-electron chi connectivity index (χ2n) is 5.44. The lowest BCUT2D eigenvalue weighted by Crippen LogP contribution is -2.34. The Bertz CT molecular complexity index is 660. The van der Waals surface area contributed by atoms with Crippen LogP contribution in [0, 0.1) is 5.41 Å². The molecule has 1 aliphatic carbocycles. The van der Waals surface area contributed by atoms with Crippen molar-refractivity contribution < 1.29 is 13.2 Å². The van der Waals surface area contributed by atoms with Gasteiger partial charge in [0.15, 0.2) is 9.84 Å². The van der Waals surface area contributed by atoms with Crippen LogP contribution >= 0.6 is 28.1 Å². The Labute approximate surface area is 145 Å². The number of hydrogen-bond donors (Lipinski definition) is 1. The van der Waals surface area contributed by atoms with Crippen molar-refractivity contribution in [2.75, 3.05) is 19.0 Å². The average molecular weight is 406 g/mol. The quantitative estimate of drug-likeness (QED) is 0.706. The van der Waals surface area contributed by atoms with Crippen LogP contribution in [0.25, 0.3) is 0 Å². The van der Waals surface area contributed by atoms with Gasteiger partial charge in [-0.2, -0.15) is 0 Å². The maximum absolute atomic E-state index is 12.5. The zero-order valence-electron chi connectivity index (χ0n) is 12.6. The molecule has 0 saturated heterocycles. The molecule has 0 bridgehead atoms. The highest BCUT2D eigenvalue weighted by atomic mass is 79.9. The number of ether oxygens (including phenoxy) is 1. The van der Waals surface area contributed by atoms with Crippen LogP contribution in [-0.2, 0) is 14.6 Å². The summed E-state index contributed by atoms with van der Waals surface area (Å²) in [4.78, 5) is 0.218. The van der Waals surface area contributed by atoms with Crippen molar-refractivity contribution >= 4 is 43.0 Å². The first kappa shape index (κ1) is 17.8. The van der Waals surface area contributed by atoms with Crippen LogP contribution < -0.4 is 5.73 Å². The van der Waals surface area contributed by atoms with Gasteiger partial charge in [0.05, 0.1) is 22.3 Å². The molecule has 0 aliphatic heterocycles. The van der Waals surface area contributed by atoms with Gasteiger partial charge in [0, 0.05) is 22.8 Å². The van der Waals surface area contributed by atoms with Gasteiger partial charge in [-0.3, -0.25) is 0 Å². The number of thiocarbonyl (C=S) groups is 1. The van der Waals surface area contributed by atoms with E-state index in [0.29, 0.717) is 6.61 Å². The molecule has 22 heavy (non-hydrogen) atoms. The van der Waals surface area contributed by atoms with E-state index in [-0.39, 0.29) is 23.3 Å². The van der Waals surface area contributed by atoms with Crippen LogP contribution in [0.15, 0.2) is 28.7 Å². The zero-order chi connectivity index (χ0) is 16.5. The Hall–Kier alpha value is -0.500. The summed E-state index contributed by atoms with van der Waals surface area (Å²) in [6, 6.07) is 7.63. The third-order valence-electron chi connectivity index (χ3n) is 4.28. The minimum Gasteiger partial charge on any atom is -0.393 e. The lowest BCUT2D eigenvalue weighted by Gasteiger charge is -2.16. The smallest absolute Gasteiger partial charge is 0.154 e. The maximum Gasteiger partial charge on any atom is 0.154 e. The standard InChI is InChI=1S/C15H20BrNO3S2/c1-3-20-9-15(14(17)21)12(13(15)22(18,19)4-2)10-5-7-11(16)8-6-10/h5-8,12-13H,3-4,9H2,1-2H3,(H2,17,21)/t12-,13-,15+/m0/s1. The number of nitrogens with two attached hydrogens (primary N) is 1. The summed E-state index contributed by atoms with van der Waals surface area (Å²) < 4.78 is 31.5. The highest BCUT2D eigenvalue weighted by Gasteiger charge is 2.72. The molecule has 2 rings (SSSR count). The molecule has 1 aromatic rings. The maximum atomic E-state index is 12.5. The molecule has 0 aromatic heterocycles. The molecule has 0 heterocycles. The summed E-state index contributed by atoms with van der Waals surface area (Å²) in [5.41, 5.74) is 6.08. The van der Waals surface area contributed by atoms with Crippen LogP contribution in [0.1, 0.15) is 25.3 Å². The molecular weight excluding hydrogens is 386 g/mol. The summed E-state index contributed by atoms with van der Waals surface area (Å²) in [5.74, 6) is -0.170. The Kier molecular flexibility index (Phi) is 5.31. The van der Waals surface area contributed by atoms with Gasteiger partial charge in [-0.1, -0.05) is 47.2 Å². The van der Waals surface area contributed by atoms with Gasteiger partial charge in [0.1, 0.15) is 0 Å². The third-order valence-corrected chi connectivity index (χ3v) is 7.46. The molecular formula is C15H20BrNO3S2. The van der Waals surface area contributed by atoms with E-state index in [1.165, 1.54) is 0 Å². The van der Waals surface area contributed by atoms with E-state index in [0.717, 1.165) is 10.0 Å². The fourth-order valence-corrected chi connectivity index (χ4v) is 5.79. The van der Waals surface area contributed by atoms with Gasteiger partial charge in [-0.05, 0) is 24.6 Å². The highest BCUT2D eigenvalue weighted by molar-refractivity contribution is 9.10. The molecule has 7 heteroatoms. The fourth-order valence-electron chi connectivity index (χ4n) is 3.06. The molecule has 1 aromatic carbocycles. The van der Waals surface area contributed by atoms with Crippen LogP contribution in [0.3, 0.4) is 0 Å². The van der Waals surface area contributed by atoms with Gasteiger partial charge in [0.25, 0.3) is 0 Å². The Balaban J connectivity index is 2.48. The second-order valence-corrected chi connectivity index (χ2v) is 9.21. The van der Waals surface area contributed by atoms with Crippen molar-refractivity contribution in [1.29, 1.82) is 0 Å². The second kappa shape index (κ2) is 6.55. The van der Waals surface area contributed by atoms with Gasteiger partial charge < -0.3 is 10.5 Å².